The van der Waals surface area contributed by atoms with Crippen molar-refractivity contribution in [3.05, 3.63) is 27.1 Å². The number of nitrogens with zero attached hydrogens (tertiary/aromatic N) is 1. The summed E-state index contributed by atoms with van der Waals surface area (Å²) in [5, 5.41) is 0. The van der Waals surface area contributed by atoms with Crippen molar-refractivity contribution in [3.63, 3.8) is 0 Å². The SMILES string of the molecule is CCc1ncc(I)cc1C. The number of rotatable bonds is 1. The second-order valence-electron chi connectivity index (χ2n) is 2.27. The van der Waals surface area contributed by atoms with Crippen molar-refractivity contribution in [1.82, 2.24) is 4.98 Å². The molecule has 0 aliphatic rings. The third-order valence-corrected chi connectivity index (χ3v) is 2.08. The molecule has 0 radical (unpaired) electrons. The van der Waals surface area contributed by atoms with Crippen molar-refractivity contribution >= 4 is 22.6 Å². The fourth-order valence-electron chi connectivity index (χ4n) is 0.939. The minimum Gasteiger partial charge on any atom is -0.260 e. The molecule has 2 heteroatoms. The Hall–Kier alpha value is -0.120. The predicted octanol–water partition coefficient (Wildman–Crippen LogP) is 2.56. The van der Waals surface area contributed by atoms with Gasteiger partial charge in [-0.15, -0.1) is 0 Å². The highest BCUT2D eigenvalue weighted by Gasteiger charge is 1.95. The van der Waals surface area contributed by atoms with Crippen LogP contribution < -0.4 is 0 Å². The molecule has 1 nitrogen and oxygen atoms in total. The van der Waals surface area contributed by atoms with Crippen LogP contribution in [0.3, 0.4) is 0 Å². The van der Waals surface area contributed by atoms with Crippen molar-refractivity contribution in [1.29, 1.82) is 0 Å². The molecule has 0 aliphatic carbocycles. The molecule has 0 bridgehead atoms. The third-order valence-electron chi connectivity index (χ3n) is 1.49. The van der Waals surface area contributed by atoms with Crippen LogP contribution in [-0.2, 0) is 6.42 Å². The Morgan fingerprint density at radius 3 is 2.80 bits per heavy atom. The van der Waals surface area contributed by atoms with Crippen LogP contribution in [0, 0.1) is 10.5 Å². The van der Waals surface area contributed by atoms with Crippen molar-refractivity contribution in [2.24, 2.45) is 0 Å². The first kappa shape index (κ1) is 7.98. The second-order valence-corrected chi connectivity index (χ2v) is 3.52. The van der Waals surface area contributed by atoms with Gasteiger partial charge in [0.1, 0.15) is 0 Å². The zero-order valence-electron chi connectivity index (χ0n) is 6.19. The van der Waals surface area contributed by atoms with Crippen LogP contribution in [0.2, 0.25) is 0 Å². The summed E-state index contributed by atoms with van der Waals surface area (Å²) < 4.78 is 1.22. The summed E-state index contributed by atoms with van der Waals surface area (Å²) >= 11 is 2.28. The van der Waals surface area contributed by atoms with Crippen molar-refractivity contribution in [2.45, 2.75) is 20.3 Å². The van der Waals surface area contributed by atoms with Gasteiger partial charge in [0.2, 0.25) is 0 Å². The lowest BCUT2D eigenvalue weighted by atomic mass is 10.2. The lowest BCUT2D eigenvalue weighted by molar-refractivity contribution is 1.00. The molecular weight excluding hydrogens is 237 g/mol. The molecule has 1 aromatic rings. The fraction of sp³-hybridized carbons (Fsp3) is 0.375. The van der Waals surface area contributed by atoms with Crippen LogP contribution in [0.5, 0.6) is 0 Å². The standard InChI is InChI=1S/C8H10IN/c1-3-8-6(2)4-7(9)5-10-8/h4-5H,3H2,1-2H3. The molecule has 0 atom stereocenters. The summed E-state index contributed by atoms with van der Waals surface area (Å²) in [7, 11) is 0. The van der Waals surface area contributed by atoms with E-state index in [4.69, 9.17) is 0 Å². The molecule has 0 saturated heterocycles. The second kappa shape index (κ2) is 3.32. The Balaban J connectivity index is 3.07. The van der Waals surface area contributed by atoms with E-state index in [1.165, 1.54) is 14.8 Å². The molecule has 0 fully saturated rings. The lowest BCUT2D eigenvalue weighted by Gasteiger charge is -2.00. The molecular formula is C8H10IN. The van der Waals surface area contributed by atoms with E-state index in [0.29, 0.717) is 0 Å². The van der Waals surface area contributed by atoms with Gasteiger partial charge in [-0.2, -0.15) is 0 Å². The average Bonchev–Trinajstić information content (AvgIpc) is 1.88. The molecule has 0 aromatic carbocycles. The molecule has 1 rings (SSSR count). The summed E-state index contributed by atoms with van der Waals surface area (Å²) in [6.07, 6.45) is 2.94. The average molecular weight is 247 g/mol. The number of hydrogen-bond donors (Lipinski definition) is 0. The van der Waals surface area contributed by atoms with Gasteiger partial charge in [-0.3, -0.25) is 4.98 Å². The number of aryl methyl sites for hydroxylation is 2. The maximum atomic E-state index is 4.29. The normalized spacial score (nSPS) is 9.90. The van der Waals surface area contributed by atoms with Crippen molar-refractivity contribution in [2.75, 3.05) is 0 Å². The molecule has 1 aromatic heterocycles. The highest BCUT2D eigenvalue weighted by molar-refractivity contribution is 14.1. The van der Waals surface area contributed by atoms with Crippen LogP contribution in [0.25, 0.3) is 0 Å². The van der Waals surface area contributed by atoms with Gasteiger partial charge in [0, 0.05) is 15.5 Å². The van der Waals surface area contributed by atoms with Crippen molar-refractivity contribution in [3.8, 4) is 0 Å². The maximum Gasteiger partial charge on any atom is 0.0430 e. The summed E-state index contributed by atoms with van der Waals surface area (Å²) in [4.78, 5) is 4.29. The van der Waals surface area contributed by atoms with Gasteiger partial charge in [-0.25, -0.2) is 0 Å². The van der Waals surface area contributed by atoms with E-state index in [1.807, 2.05) is 6.20 Å². The van der Waals surface area contributed by atoms with E-state index in [9.17, 15) is 0 Å². The molecule has 0 saturated carbocycles. The predicted molar refractivity (Wildman–Crippen MR) is 51.1 cm³/mol. The monoisotopic (exact) mass is 247 g/mol. The van der Waals surface area contributed by atoms with Gasteiger partial charge in [0.15, 0.2) is 0 Å². The van der Waals surface area contributed by atoms with Gasteiger partial charge < -0.3 is 0 Å². The van der Waals surface area contributed by atoms with Gasteiger partial charge >= 0.3 is 0 Å². The molecule has 10 heavy (non-hydrogen) atoms. The van der Waals surface area contributed by atoms with Gasteiger partial charge in [-0.1, -0.05) is 6.92 Å². The Kier molecular flexibility index (Phi) is 2.65. The molecule has 0 aliphatic heterocycles. The van der Waals surface area contributed by atoms with Crippen LogP contribution in [0.1, 0.15) is 18.2 Å². The summed E-state index contributed by atoms with van der Waals surface area (Å²) in [6.45, 7) is 4.23. The number of hydrogen-bond acceptors (Lipinski definition) is 1. The zero-order chi connectivity index (χ0) is 7.56. The van der Waals surface area contributed by atoms with Crippen LogP contribution in [-0.4, -0.2) is 4.98 Å². The Morgan fingerprint density at radius 2 is 2.30 bits per heavy atom. The lowest BCUT2D eigenvalue weighted by Crippen LogP contribution is -1.91. The third kappa shape index (κ3) is 1.68. The van der Waals surface area contributed by atoms with E-state index in [0.717, 1.165) is 6.42 Å². The molecule has 0 amide bonds. The summed E-state index contributed by atoms with van der Waals surface area (Å²) in [5.41, 5.74) is 2.51. The quantitative estimate of drug-likeness (QED) is 0.695. The molecule has 0 N–H and O–H groups in total. The molecule has 1 heterocycles. The Morgan fingerprint density at radius 1 is 1.60 bits per heavy atom. The highest BCUT2D eigenvalue weighted by atomic mass is 127. The van der Waals surface area contributed by atoms with Crippen LogP contribution in [0.15, 0.2) is 12.3 Å². The topological polar surface area (TPSA) is 12.9 Å². The highest BCUT2D eigenvalue weighted by Crippen LogP contribution is 2.09. The number of aromatic nitrogens is 1. The Bertz CT molecular complexity index is 233. The minimum atomic E-state index is 1.03. The molecule has 0 unspecified atom stereocenters. The van der Waals surface area contributed by atoms with E-state index in [2.05, 4.69) is 47.5 Å². The van der Waals surface area contributed by atoms with Gasteiger partial charge in [0.25, 0.3) is 0 Å². The number of pyridine rings is 1. The van der Waals surface area contributed by atoms with E-state index < -0.39 is 0 Å². The summed E-state index contributed by atoms with van der Waals surface area (Å²) in [6, 6.07) is 2.16. The smallest absolute Gasteiger partial charge is 0.0430 e. The van der Waals surface area contributed by atoms with Gasteiger partial charge in [-0.05, 0) is 47.6 Å². The zero-order valence-corrected chi connectivity index (χ0v) is 8.34. The molecule has 54 valence electrons. The van der Waals surface area contributed by atoms with Crippen molar-refractivity contribution < 1.29 is 0 Å². The van der Waals surface area contributed by atoms with E-state index in [1.54, 1.807) is 0 Å². The maximum absolute atomic E-state index is 4.29. The van der Waals surface area contributed by atoms with Gasteiger partial charge in [0.05, 0.1) is 0 Å². The molecule has 0 spiro atoms. The van der Waals surface area contributed by atoms with E-state index in [-0.39, 0.29) is 0 Å². The van der Waals surface area contributed by atoms with Crippen LogP contribution in [0.4, 0.5) is 0 Å². The number of halogens is 1. The first-order chi connectivity index (χ1) is 4.74. The Labute approximate surface area is 75.0 Å². The van der Waals surface area contributed by atoms with E-state index >= 15 is 0 Å². The summed E-state index contributed by atoms with van der Waals surface area (Å²) in [5.74, 6) is 0. The van der Waals surface area contributed by atoms with Crippen LogP contribution >= 0.6 is 22.6 Å². The largest absolute Gasteiger partial charge is 0.260 e. The first-order valence-electron chi connectivity index (χ1n) is 3.35. The minimum absolute atomic E-state index is 1.03. The fourth-order valence-corrected chi connectivity index (χ4v) is 1.55. The first-order valence-corrected chi connectivity index (χ1v) is 4.43.